The molecule has 1 atom stereocenters. The van der Waals surface area contributed by atoms with E-state index in [2.05, 4.69) is 20.3 Å². The van der Waals surface area contributed by atoms with E-state index in [4.69, 9.17) is 5.73 Å². The van der Waals surface area contributed by atoms with Gasteiger partial charge in [0.15, 0.2) is 0 Å². The molecule has 0 saturated heterocycles. The van der Waals surface area contributed by atoms with Gasteiger partial charge in [-0.1, -0.05) is 25.1 Å². The van der Waals surface area contributed by atoms with Crippen molar-refractivity contribution in [2.75, 3.05) is 30.4 Å². The minimum absolute atomic E-state index is 0.160. The molecule has 0 saturated carbocycles. The first-order valence-electron chi connectivity index (χ1n) is 10.5. The third-order valence-electron chi connectivity index (χ3n) is 5.70. The molecular formula is C23H25FN6O2S. The third kappa shape index (κ3) is 5.18. The smallest absolute Gasteiger partial charge is 0.211 e. The van der Waals surface area contributed by atoms with Gasteiger partial charge in [-0.05, 0) is 41.3 Å². The molecule has 1 aromatic carbocycles. The summed E-state index contributed by atoms with van der Waals surface area (Å²) in [6, 6.07) is 8.19. The van der Waals surface area contributed by atoms with Crippen molar-refractivity contribution in [1.29, 1.82) is 0 Å². The number of hydrogen-bond acceptors (Lipinski definition) is 7. The molecule has 0 amide bonds. The van der Waals surface area contributed by atoms with Crippen molar-refractivity contribution in [2.24, 2.45) is 0 Å². The van der Waals surface area contributed by atoms with Crippen molar-refractivity contribution >= 4 is 33.0 Å². The third-order valence-corrected chi connectivity index (χ3v) is 6.97. The van der Waals surface area contributed by atoms with E-state index in [1.165, 1.54) is 22.7 Å². The number of rotatable bonds is 6. The molecule has 3 N–H and O–H groups in total. The minimum Gasteiger partial charge on any atom is -0.383 e. The lowest BCUT2D eigenvalue weighted by Crippen LogP contribution is -2.33. The maximum Gasteiger partial charge on any atom is 0.211 e. The normalized spacial score (nSPS) is 15.7. The summed E-state index contributed by atoms with van der Waals surface area (Å²) in [7, 11) is -3.27. The molecule has 1 unspecified atom stereocenters. The fourth-order valence-electron chi connectivity index (χ4n) is 3.97. The highest BCUT2D eigenvalue weighted by atomic mass is 32.2. The predicted octanol–water partition coefficient (Wildman–Crippen LogP) is 3.54. The van der Waals surface area contributed by atoms with Crippen LogP contribution in [0.15, 0.2) is 55.0 Å². The summed E-state index contributed by atoms with van der Waals surface area (Å²) >= 11 is 0. The van der Waals surface area contributed by atoms with Gasteiger partial charge in [-0.15, -0.1) is 0 Å². The fraction of sp³-hybridized carbons (Fsp3) is 0.261. The summed E-state index contributed by atoms with van der Waals surface area (Å²) in [5.74, 6) is 0.895. The van der Waals surface area contributed by atoms with Gasteiger partial charge < -0.3 is 11.1 Å². The molecule has 2 aromatic heterocycles. The zero-order valence-electron chi connectivity index (χ0n) is 18.4. The monoisotopic (exact) mass is 468 g/mol. The molecule has 0 fully saturated rings. The number of pyridine rings is 1. The maximum absolute atomic E-state index is 13.5. The topological polar surface area (TPSA) is 114 Å². The Bertz CT molecular complexity index is 1280. The van der Waals surface area contributed by atoms with Crippen LogP contribution in [0.4, 0.5) is 21.8 Å². The largest absolute Gasteiger partial charge is 0.383 e. The first-order chi connectivity index (χ1) is 15.7. The second-order valence-corrected chi connectivity index (χ2v) is 9.93. The first-order valence-corrected chi connectivity index (χ1v) is 12.3. The van der Waals surface area contributed by atoms with Crippen LogP contribution in [0.3, 0.4) is 0 Å². The zero-order chi connectivity index (χ0) is 23.6. The molecule has 1 aliphatic rings. The molecule has 172 valence electrons. The maximum atomic E-state index is 13.5. The Labute approximate surface area is 192 Å². The molecule has 3 heterocycles. The van der Waals surface area contributed by atoms with E-state index in [-0.39, 0.29) is 18.3 Å². The Morgan fingerprint density at radius 2 is 1.94 bits per heavy atom. The van der Waals surface area contributed by atoms with Crippen LogP contribution in [0.5, 0.6) is 0 Å². The fourth-order valence-corrected chi connectivity index (χ4v) is 4.74. The molecule has 4 rings (SSSR count). The molecule has 0 radical (unpaired) electrons. The Balaban J connectivity index is 1.78. The van der Waals surface area contributed by atoms with Gasteiger partial charge in [0, 0.05) is 37.0 Å². The van der Waals surface area contributed by atoms with Crippen LogP contribution in [0.1, 0.15) is 36.0 Å². The summed E-state index contributed by atoms with van der Waals surface area (Å²) in [6.45, 7) is 2.66. The lowest BCUT2D eigenvalue weighted by atomic mass is 9.86. The molecule has 0 aliphatic carbocycles. The second-order valence-electron chi connectivity index (χ2n) is 7.94. The molecule has 0 spiro atoms. The number of nitrogens with two attached hydrogens (primary N) is 1. The molecule has 33 heavy (non-hydrogen) atoms. The van der Waals surface area contributed by atoms with Gasteiger partial charge in [-0.2, -0.15) is 4.31 Å². The highest BCUT2D eigenvalue weighted by Gasteiger charge is 2.25. The zero-order valence-corrected chi connectivity index (χ0v) is 19.2. The van der Waals surface area contributed by atoms with Crippen LogP contribution in [0, 0.1) is 5.82 Å². The first kappa shape index (κ1) is 22.8. The average molecular weight is 469 g/mol. The lowest BCUT2D eigenvalue weighted by molar-refractivity contribution is 0.446. The summed E-state index contributed by atoms with van der Waals surface area (Å²) in [5.41, 5.74) is 10.0. The Kier molecular flexibility index (Phi) is 6.39. The van der Waals surface area contributed by atoms with E-state index in [0.717, 1.165) is 22.3 Å². The Morgan fingerprint density at radius 3 is 2.55 bits per heavy atom. The highest BCUT2D eigenvalue weighted by molar-refractivity contribution is 7.88. The van der Waals surface area contributed by atoms with E-state index in [9.17, 15) is 12.8 Å². The van der Waals surface area contributed by atoms with Gasteiger partial charge in [-0.3, -0.25) is 4.98 Å². The second kappa shape index (κ2) is 9.24. The SMILES string of the molecule is CC(c1ccc(F)cc1)c1c(C2=CCN(S(C)(=O)=O)CC2)cc(Nc2cnccn2)nc1N. The van der Waals surface area contributed by atoms with Crippen LogP contribution in [0.2, 0.25) is 0 Å². The minimum atomic E-state index is -3.27. The number of sulfonamides is 1. The number of nitrogens with zero attached hydrogens (tertiary/aromatic N) is 4. The quantitative estimate of drug-likeness (QED) is 0.569. The van der Waals surface area contributed by atoms with Gasteiger partial charge in [0.1, 0.15) is 23.3 Å². The van der Waals surface area contributed by atoms with Crippen molar-refractivity contribution < 1.29 is 12.8 Å². The number of benzene rings is 1. The highest BCUT2D eigenvalue weighted by Crippen LogP contribution is 2.38. The van der Waals surface area contributed by atoms with E-state index >= 15 is 0 Å². The molecule has 1 aliphatic heterocycles. The van der Waals surface area contributed by atoms with Crippen LogP contribution < -0.4 is 11.1 Å². The van der Waals surface area contributed by atoms with Crippen LogP contribution >= 0.6 is 0 Å². The number of hydrogen-bond donors (Lipinski definition) is 2. The predicted molar refractivity (Wildman–Crippen MR) is 127 cm³/mol. The number of aromatic nitrogens is 3. The van der Waals surface area contributed by atoms with Crippen molar-refractivity contribution in [3.05, 3.63) is 77.5 Å². The molecule has 0 bridgehead atoms. The van der Waals surface area contributed by atoms with Crippen LogP contribution in [0.25, 0.3) is 5.57 Å². The van der Waals surface area contributed by atoms with Crippen LogP contribution in [-0.4, -0.2) is 47.0 Å². The van der Waals surface area contributed by atoms with Gasteiger partial charge in [0.05, 0.1) is 12.5 Å². The summed E-state index contributed by atoms with van der Waals surface area (Å²) < 4.78 is 38.8. The van der Waals surface area contributed by atoms with E-state index < -0.39 is 10.0 Å². The van der Waals surface area contributed by atoms with Gasteiger partial charge in [0.2, 0.25) is 10.0 Å². The summed E-state index contributed by atoms with van der Waals surface area (Å²) in [4.78, 5) is 12.8. The summed E-state index contributed by atoms with van der Waals surface area (Å²) in [6.07, 6.45) is 8.38. The van der Waals surface area contributed by atoms with Crippen LogP contribution in [-0.2, 0) is 10.0 Å². The number of anilines is 3. The van der Waals surface area contributed by atoms with Crippen molar-refractivity contribution in [2.45, 2.75) is 19.3 Å². The van der Waals surface area contributed by atoms with Gasteiger partial charge >= 0.3 is 0 Å². The number of halogens is 1. The van der Waals surface area contributed by atoms with E-state index in [0.29, 0.717) is 30.4 Å². The van der Waals surface area contributed by atoms with Gasteiger partial charge in [0.25, 0.3) is 0 Å². The lowest BCUT2D eigenvalue weighted by Gasteiger charge is -2.27. The number of nitrogen functional groups attached to an aromatic ring is 1. The van der Waals surface area contributed by atoms with Crippen molar-refractivity contribution in [1.82, 2.24) is 19.3 Å². The molecule has 3 aromatic rings. The average Bonchev–Trinajstić information content (AvgIpc) is 2.79. The molecular weight excluding hydrogens is 443 g/mol. The van der Waals surface area contributed by atoms with Crippen molar-refractivity contribution in [3.63, 3.8) is 0 Å². The van der Waals surface area contributed by atoms with Gasteiger partial charge in [-0.25, -0.2) is 22.8 Å². The van der Waals surface area contributed by atoms with E-state index in [1.807, 2.05) is 19.1 Å². The molecule has 8 nitrogen and oxygen atoms in total. The Hall–Kier alpha value is -3.37. The Morgan fingerprint density at radius 1 is 1.18 bits per heavy atom. The number of nitrogens with one attached hydrogen (secondary N) is 1. The molecule has 10 heteroatoms. The van der Waals surface area contributed by atoms with E-state index in [1.54, 1.807) is 30.7 Å². The standard InChI is InChI=1S/C23H25FN6O2S/c1-15(16-3-5-18(24)6-4-16)22-19(17-7-11-30(12-8-17)33(2,31)32)13-20(29-23(22)25)28-21-14-26-9-10-27-21/h3-7,9-10,13-15H,8,11-12H2,1-2H3,(H3,25,27,28,29). The summed E-state index contributed by atoms with van der Waals surface area (Å²) in [5, 5.41) is 3.12. The van der Waals surface area contributed by atoms with Crippen molar-refractivity contribution in [3.8, 4) is 0 Å².